The summed E-state index contributed by atoms with van der Waals surface area (Å²) < 4.78 is 0. The SMILES string of the molecule is Nc1nc(N2CCN(C(=O)Nc3ccc4[nH]ncc4c3)CC2)c2ncsc2n1. The van der Waals surface area contributed by atoms with Gasteiger partial charge in [0.15, 0.2) is 10.6 Å². The number of nitrogens with two attached hydrogens (primary N) is 1. The number of hydrogen-bond donors (Lipinski definition) is 3. The molecule has 4 heterocycles. The van der Waals surface area contributed by atoms with E-state index in [1.54, 1.807) is 16.6 Å². The Labute approximate surface area is 163 Å². The second-order valence-corrected chi connectivity index (χ2v) is 7.32. The van der Waals surface area contributed by atoms with Crippen molar-refractivity contribution in [2.24, 2.45) is 0 Å². The number of nitrogen functional groups attached to an aromatic ring is 1. The van der Waals surface area contributed by atoms with Crippen LogP contribution in [0.25, 0.3) is 21.3 Å². The van der Waals surface area contributed by atoms with E-state index in [9.17, 15) is 4.79 Å². The summed E-state index contributed by atoms with van der Waals surface area (Å²) in [5, 5.41) is 10.8. The smallest absolute Gasteiger partial charge is 0.321 e. The van der Waals surface area contributed by atoms with Gasteiger partial charge >= 0.3 is 6.03 Å². The van der Waals surface area contributed by atoms with E-state index in [2.05, 4.69) is 35.4 Å². The molecule has 1 aliphatic rings. The lowest BCUT2D eigenvalue weighted by atomic mass is 10.2. The number of aromatic nitrogens is 5. The van der Waals surface area contributed by atoms with E-state index in [1.807, 2.05) is 18.2 Å². The molecular weight excluding hydrogens is 378 g/mol. The zero-order valence-electron chi connectivity index (χ0n) is 14.8. The molecule has 11 heteroatoms. The van der Waals surface area contributed by atoms with Gasteiger partial charge in [0.1, 0.15) is 5.52 Å². The normalized spacial score (nSPS) is 14.7. The molecule has 4 aromatic rings. The maximum Gasteiger partial charge on any atom is 0.321 e. The van der Waals surface area contributed by atoms with Crippen molar-refractivity contribution in [3.63, 3.8) is 0 Å². The second kappa shape index (κ2) is 6.60. The number of nitrogens with zero attached hydrogens (tertiary/aromatic N) is 6. The molecule has 0 radical (unpaired) electrons. The van der Waals surface area contributed by atoms with Gasteiger partial charge in [-0.05, 0) is 18.2 Å². The van der Waals surface area contributed by atoms with Gasteiger partial charge in [-0.2, -0.15) is 10.1 Å². The Balaban J connectivity index is 1.27. The molecule has 1 fully saturated rings. The molecule has 0 spiro atoms. The summed E-state index contributed by atoms with van der Waals surface area (Å²) in [6, 6.07) is 5.53. The lowest BCUT2D eigenvalue weighted by Crippen LogP contribution is -2.50. The molecule has 1 aliphatic heterocycles. The van der Waals surface area contributed by atoms with E-state index in [-0.39, 0.29) is 12.0 Å². The molecule has 142 valence electrons. The molecule has 2 amide bonds. The Morgan fingerprint density at radius 3 is 2.93 bits per heavy atom. The number of amides is 2. The highest BCUT2D eigenvalue weighted by Gasteiger charge is 2.24. The summed E-state index contributed by atoms with van der Waals surface area (Å²) in [5.74, 6) is 0.968. The van der Waals surface area contributed by atoms with E-state index < -0.39 is 0 Å². The molecule has 10 nitrogen and oxygen atoms in total. The molecule has 0 unspecified atom stereocenters. The summed E-state index contributed by atoms with van der Waals surface area (Å²) >= 11 is 1.44. The predicted molar refractivity (Wildman–Crippen MR) is 109 cm³/mol. The van der Waals surface area contributed by atoms with Gasteiger partial charge in [0.05, 0.1) is 17.2 Å². The number of H-pyrrole nitrogens is 1. The zero-order valence-corrected chi connectivity index (χ0v) is 15.6. The van der Waals surface area contributed by atoms with Crippen LogP contribution in [0.15, 0.2) is 29.9 Å². The van der Waals surface area contributed by atoms with E-state index in [0.29, 0.717) is 26.2 Å². The first kappa shape index (κ1) is 16.7. The molecule has 5 rings (SSSR count). The van der Waals surface area contributed by atoms with Crippen LogP contribution in [0.2, 0.25) is 0 Å². The first-order valence-electron chi connectivity index (χ1n) is 8.78. The summed E-state index contributed by atoms with van der Waals surface area (Å²) in [4.78, 5) is 30.2. The van der Waals surface area contributed by atoms with Crippen molar-refractivity contribution in [1.82, 2.24) is 30.0 Å². The number of urea groups is 1. The van der Waals surface area contributed by atoms with Crippen LogP contribution in [0.5, 0.6) is 0 Å². The average molecular weight is 395 g/mol. The predicted octanol–water partition coefficient (Wildman–Crippen LogP) is 1.90. The fraction of sp³-hybridized carbons (Fsp3) is 0.235. The van der Waals surface area contributed by atoms with Gasteiger partial charge in [-0.1, -0.05) is 0 Å². The van der Waals surface area contributed by atoms with E-state index in [4.69, 9.17) is 5.73 Å². The number of anilines is 3. The highest BCUT2D eigenvalue weighted by molar-refractivity contribution is 7.16. The Bertz CT molecular complexity index is 1160. The van der Waals surface area contributed by atoms with Crippen LogP contribution in [-0.4, -0.2) is 62.3 Å². The molecule has 28 heavy (non-hydrogen) atoms. The lowest BCUT2D eigenvalue weighted by Gasteiger charge is -2.35. The number of benzene rings is 1. The van der Waals surface area contributed by atoms with Crippen molar-refractivity contribution in [2.75, 3.05) is 42.1 Å². The van der Waals surface area contributed by atoms with Gasteiger partial charge in [-0.3, -0.25) is 5.10 Å². The number of thiazole rings is 1. The molecule has 0 bridgehead atoms. The quantitative estimate of drug-likeness (QED) is 0.473. The summed E-state index contributed by atoms with van der Waals surface area (Å²) in [6.07, 6.45) is 1.73. The van der Waals surface area contributed by atoms with E-state index >= 15 is 0 Å². The molecular formula is C17H17N9OS. The Morgan fingerprint density at radius 1 is 1.21 bits per heavy atom. The van der Waals surface area contributed by atoms with Crippen molar-refractivity contribution in [2.45, 2.75) is 0 Å². The minimum Gasteiger partial charge on any atom is -0.368 e. The Morgan fingerprint density at radius 2 is 2.07 bits per heavy atom. The van der Waals surface area contributed by atoms with Gasteiger partial charge in [0.25, 0.3) is 0 Å². The van der Waals surface area contributed by atoms with Crippen LogP contribution in [0.4, 0.5) is 22.2 Å². The summed E-state index contributed by atoms with van der Waals surface area (Å²) in [6.45, 7) is 2.46. The molecule has 0 atom stereocenters. The lowest BCUT2D eigenvalue weighted by molar-refractivity contribution is 0.208. The number of carbonyl (C=O) groups is 1. The molecule has 0 aliphatic carbocycles. The van der Waals surface area contributed by atoms with Crippen LogP contribution < -0.4 is 16.0 Å². The molecule has 1 saturated heterocycles. The van der Waals surface area contributed by atoms with Gasteiger partial charge in [-0.25, -0.2) is 14.8 Å². The fourth-order valence-electron chi connectivity index (χ4n) is 3.33. The molecule has 0 saturated carbocycles. The monoisotopic (exact) mass is 395 g/mol. The van der Waals surface area contributed by atoms with Crippen molar-refractivity contribution >= 4 is 56.1 Å². The third-order valence-corrected chi connectivity index (χ3v) is 5.47. The van der Waals surface area contributed by atoms with Crippen molar-refractivity contribution in [3.8, 4) is 0 Å². The largest absolute Gasteiger partial charge is 0.368 e. The van der Waals surface area contributed by atoms with Crippen LogP contribution in [0.1, 0.15) is 0 Å². The zero-order chi connectivity index (χ0) is 19.1. The second-order valence-electron chi connectivity index (χ2n) is 6.49. The van der Waals surface area contributed by atoms with Gasteiger partial charge in [-0.15, -0.1) is 11.3 Å². The molecule has 1 aromatic carbocycles. The van der Waals surface area contributed by atoms with Crippen LogP contribution in [0.3, 0.4) is 0 Å². The minimum absolute atomic E-state index is 0.122. The third-order valence-electron chi connectivity index (χ3n) is 4.75. The number of aromatic amines is 1. The van der Waals surface area contributed by atoms with Crippen LogP contribution in [-0.2, 0) is 0 Å². The van der Waals surface area contributed by atoms with E-state index in [1.165, 1.54) is 11.3 Å². The Kier molecular flexibility index (Phi) is 3.93. The van der Waals surface area contributed by atoms with Gasteiger partial charge in [0, 0.05) is 37.3 Å². The number of rotatable bonds is 2. The third kappa shape index (κ3) is 2.95. The number of hydrogen-bond acceptors (Lipinski definition) is 8. The number of nitrogens with one attached hydrogen (secondary N) is 2. The van der Waals surface area contributed by atoms with E-state index in [0.717, 1.165) is 32.8 Å². The highest BCUT2D eigenvalue weighted by Crippen LogP contribution is 2.27. The molecule has 4 N–H and O–H groups in total. The standard InChI is InChI=1S/C17H17N9OS/c18-16-22-14(13-15(23-16)28-9-19-13)25-3-5-26(6-4-25)17(27)21-11-1-2-12-10(7-11)8-20-24-12/h1-2,7-9H,3-6H2,(H,20,24)(H,21,27)(H2,18,22,23). The maximum absolute atomic E-state index is 12.6. The van der Waals surface area contributed by atoms with Gasteiger partial charge in [0.2, 0.25) is 5.95 Å². The van der Waals surface area contributed by atoms with Gasteiger partial charge < -0.3 is 20.9 Å². The topological polar surface area (TPSA) is 129 Å². The minimum atomic E-state index is -0.122. The van der Waals surface area contributed by atoms with Crippen molar-refractivity contribution < 1.29 is 4.79 Å². The fourth-order valence-corrected chi connectivity index (χ4v) is 3.99. The maximum atomic E-state index is 12.6. The van der Waals surface area contributed by atoms with Crippen LogP contribution in [0, 0.1) is 0 Å². The number of piperazine rings is 1. The summed E-state index contributed by atoms with van der Waals surface area (Å²) in [5.41, 5.74) is 10.0. The van der Waals surface area contributed by atoms with Crippen LogP contribution >= 0.6 is 11.3 Å². The number of carbonyl (C=O) groups excluding carboxylic acids is 1. The Hall–Kier alpha value is -3.47. The average Bonchev–Trinajstić information content (AvgIpc) is 3.36. The first-order chi connectivity index (χ1) is 13.7. The van der Waals surface area contributed by atoms with Crippen molar-refractivity contribution in [3.05, 3.63) is 29.9 Å². The molecule has 3 aromatic heterocycles. The van der Waals surface area contributed by atoms with Crippen molar-refractivity contribution in [1.29, 1.82) is 0 Å². The summed E-state index contributed by atoms with van der Waals surface area (Å²) in [7, 11) is 0. The highest BCUT2D eigenvalue weighted by atomic mass is 32.1. The number of fused-ring (bicyclic) bond motifs is 2. The first-order valence-corrected chi connectivity index (χ1v) is 9.66.